The van der Waals surface area contributed by atoms with Gasteiger partial charge < -0.3 is 5.32 Å². The molecule has 0 bridgehead atoms. The van der Waals surface area contributed by atoms with Crippen LogP contribution in [0.25, 0.3) is 0 Å². The largest absolute Gasteiger partial charge is 0.308 e. The second-order valence-corrected chi connectivity index (χ2v) is 7.73. The van der Waals surface area contributed by atoms with Gasteiger partial charge in [0, 0.05) is 21.5 Å². The summed E-state index contributed by atoms with van der Waals surface area (Å²) in [6.45, 7) is 3.52. The molecule has 1 fully saturated rings. The highest BCUT2D eigenvalue weighted by Crippen LogP contribution is 2.27. The van der Waals surface area contributed by atoms with E-state index in [9.17, 15) is 4.79 Å². The van der Waals surface area contributed by atoms with Gasteiger partial charge in [0.05, 0.1) is 12.6 Å². The fourth-order valence-electron chi connectivity index (χ4n) is 3.00. The number of halogens is 1. The van der Waals surface area contributed by atoms with Crippen LogP contribution in [0.3, 0.4) is 0 Å². The minimum atomic E-state index is 0.142. The van der Waals surface area contributed by atoms with E-state index in [1.165, 1.54) is 17.7 Å². The second kappa shape index (κ2) is 8.20. The number of likely N-dealkylation sites (tertiary alicyclic amines) is 1. The molecule has 122 valence electrons. The van der Waals surface area contributed by atoms with Crippen molar-refractivity contribution in [3.63, 3.8) is 0 Å². The van der Waals surface area contributed by atoms with E-state index in [1.807, 2.05) is 24.3 Å². The van der Waals surface area contributed by atoms with Gasteiger partial charge in [-0.05, 0) is 49.5 Å². The number of thiophene rings is 1. The Morgan fingerprint density at radius 1 is 1.22 bits per heavy atom. The molecule has 1 aromatic heterocycles. The van der Waals surface area contributed by atoms with Crippen molar-refractivity contribution in [3.8, 4) is 0 Å². The SMILES string of the molecule is O=C(CNCC(c1cccs1)N1CCCC1)c1ccc(Br)cc1. The Kier molecular flexibility index (Phi) is 6.00. The average Bonchev–Trinajstić information content (AvgIpc) is 3.26. The minimum absolute atomic E-state index is 0.142. The summed E-state index contributed by atoms with van der Waals surface area (Å²) >= 11 is 5.20. The van der Waals surface area contributed by atoms with Crippen molar-refractivity contribution in [3.05, 3.63) is 56.7 Å². The first-order valence-corrected chi connectivity index (χ1v) is 9.68. The van der Waals surface area contributed by atoms with Crippen LogP contribution in [0, 0.1) is 0 Å². The van der Waals surface area contributed by atoms with Crippen LogP contribution < -0.4 is 5.32 Å². The number of rotatable bonds is 7. The normalized spacial score (nSPS) is 16.6. The molecule has 3 nitrogen and oxygen atoms in total. The molecule has 23 heavy (non-hydrogen) atoms. The molecule has 1 unspecified atom stereocenters. The number of Topliss-reactive ketones (excluding diaryl/α,β-unsaturated/α-hetero) is 1. The number of nitrogens with zero attached hydrogens (tertiary/aromatic N) is 1. The van der Waals surface area contributed by atoms with Crippen LogP contribution in [0.5, 0.6) is 0 Å². The van der Waals surface area contributed by atoms with Crippen molar-refractivity contribution in [2.75, 3.05) is 26.2 Å². The lowest BCUT2D eigenvalue weighted by Crippen LogP contribution is -2.35. The van der Waals surface area contributed by atoms with Crippen molar-refractivity contribution in [2.24, 2.45) is 0 Å². The van der Waals surface area contributed by atoms with Crippen LogP contribution in [0.2, 0.25) is 0 Å². The number of hydrogen-bond acceptors (Lipinski definition) is 4. The molecule has 1 aliphatic heterocycles. The molecule has 2 aromatic rings. The summed E-state index contributed by atoms with van der Waals surface area (Å²) in [5, 5.41) is 5.50. The van der Waals surface area contributed by atoms with Crippen LogP contribution in [0.15, 0.2) is 46.3 Å². The molecular formula is C18H21BrN2OS. The molecule has 0 radical (unpaired) electrons. The summed E-state index contributed by atoms with van der Waals surface area (Å²) in [6, 6.07) is 12.2. The number of carbonyl (C=O) groups excluding carboxylic acids is 1. The lowest BCUT2D eigenvalue weighted by atomic mass is 10.1. The van der Waals surface area contributed by atoms with Gasteiger partial charge in [0.25, 0.3) is 0 Å². The van der Waals surface area contributed by atoms with Crippen molar-refractivity contribution >= 4 is 33.0 Å². The molecule has 1 saturated heterocycles. The van der Waals surface area contributed by atoms with Crippen molar-refractivity contribution in [1.29, 1.82) is 0 Å². The maximum absolute atomic E-state index is 12.3. The van der Waals surface area contributed by atoms with E-state index >= 15 is 0 Å². The summed E-state index contributed by atoms with van der Waals surface area (Å²) in [6.07, 6.45) is 2.55. The summed E-state index contributed by atoms with van der Waals surface area (Å²) < 4.78 is 0.994. The van der Waals surface area contributed by atoms with Gasteiger partial charge in [-0.25, -0.2) is 0 Å². The van der Waals surface area contributed by atoms with Gasteiger partial charge in [-0.3, -0.25) is 9.69 Å². The third-order valence-corrected chi connectivity index (χ3v) is 5.74. The molecule has 0 aliphatic carbocycles. The minimum Gasteiger partial charge on any atom is -0.308 e. The van der Waals surface area contributed by atoms with Gasteiger partial charge in [-0.15, -0.1) is 11.3 Å². The smallest absolute Gasteiger partial charge is 0.176 e. The molecular weight excluding hydrogens is 372 g/mol. The van der Waals surface area contributed by atoms with Gasteiger partial charge in [0.2, 0.25) is 0 Å². The predicted octanol–water partition coefficient (Wildman–Crippen LogP) is 4.12. The Bertz CT molecular complexity index is 621. The first kappa shape index (κ1) is 16.8. The Labute approximate surface area is 149 Å². The van der Waals surface area contributed by atoms with E-state index < -0.39 is 0 Å². The standard InChI is InChI=1S/C18H21BrN2OS/c19-15-7-5-14(6-8-15)17(22)13-20-12-16(18-4-3-11-23-18)21-9-1-2-10-21/h3-8,11,16,20H,1-2,9-10,12-13H2. The lowest BCUT2D eigenvalue weighted by Gasteiger charge is -2.26. The third-order valence-electron chi connectivity index (χ3n) is 4.24. The number of hydrogen-bond donors (Lipinski definition) is 1. The Hall–Kier alpha value is -1.01. The van der Waals surface area contributed by atoms with E-state index in [0.29, 0.717) is 12.6 Å². The number of carbonyl (C=O) groups is 1. The quantitative estimate of drug-likeness (QED) is 0.719. The molecule has 0 spiro atoms. The molecule has 0 amide bonds. The number of nitrogens with one attached hydrogen (secondary N) is 1. The summed E-state index contributed by atoms with van der Waals surface area (Å²) in [5.41, 5.74) is 0.759. The van der Waals surface area contributed by atoms with E-state index in [1.54, 1.807) is 11.3 Å². The molecule has 0 saturated carbocycles. The van der Waals surface area contributed by atoms with E-state index in [2.05, 4.69) is 43.7 Å². The molecule has 1 N–H and O–H groups in total. The zero-order valence-electron chi connectivity index (χ0n) is 13.0. The monoisotopic (exact) mass is 392 g/mol. The molecule has 1 atom stereocenters. The second-order valence-electron chi connectivity index (χ2n) is 5.84. The van der Waals surface area contributed by atoms with Crippen LogP contribution in [0.4, 0.5) is 0 Å². The van der Waals surface area contributed by atoms with Crippen LogP contribution in [0.1, 0.15) is 34.1 Å². The molecule has 2 heterocycles. The number of benzene rings is 1. The predicted molar refractivity (Wildman–Crippen MR) is 99.2 cm³/mol. The Balaban J connectivity index is 1.56. The van der Waals surface area contributed by atoms with Crippen molar-refractivity contribution in [1.82, 2.24) is 10.2 Å². The van der Waals surface area contributed by atoms with E-state index in [4.69, 9.17) is 0 Å². The molecule has 1 aromatic carbocycles. The highest BCUT2D eigenvalue weighted by molar-refractivity contribution is 9.10. The van der Waals surface area contributed by atoms with Crippen LogP contribution in [-0.2, 0) is 0 Å². The van der Waals surface area contributed by atoms with Gasteiger partial charge in [0.1, 0.15) is 0 Å². The lowest BCUT2D eigenvalue weighted by molar-refractivity contribution is 0.0987. The van der Waals surface area contributed by atoms with Gasteiger partial charge in [-0.2, -0.15) is 0 Å². The highest BCUT2D eigenvalue weighted by Gasteiger charge is 2.24. The molecule has 1 aliphatic rings. The zero-order chi connectivity index (χ0) is 16.1. The average molecular weight is 393 g/mol. The van der Waals surface area contributed by atoms with Crippen molar-refractivity contribution in [2.45, 2.75) is 18.9 Å². The maximum atomic E-state index is 12.3. The van der Waals surface area contributed by atoms with Crippen LogP contribution >= 0.6 is 27.3 Å². The molecule has 3 rings (SSSR count). The topological polar surface area (TPSA) is 32.3 Å². The van der Waals surface area contributed by atoms with E-state index in [-0.39, 0.29) is 5.78 Å². The Morgan fingerprint density at radius 2 is 1.96 bits per heavy atom. The fraction of sp³-hybridized carbons (Fsp3) is 0.389. The van der Waals surface area contributed by atoms with Gasteiger partial charge in [0.15, 0.2) is 5.78 Å². The highest BCUT2D eigenvalue weighted by atomic mass is 79.9. The van der Waals surface area contributed by atoms with Crippen LogP contribution in [-0.4, -0.2) is 36.9 Å². The van der Waals surface area contributed by atoms with Gasteiger partial charge in [-0.1, -0.05) is 34.1 Å². The summed E-state index contributed by atoms with van der Waals surface area (Å²) in [5.74, 6) is 0.142. The molecule has 5 heteroatoms. The van der Waals surface area contributed by atoms with E-state index in [0.717, 1.165) is 29.7 Å². The first-order valence-electron chi connectivity index (χ1n) is 8.01. The Morgan fingerprint density at radius 3 is 2.61 bits per heavy atom. The summed E-state index contributed by atoms with van der Waals surface area (Å²) in [4.78, 5) is 16.2. The maximum Gasteiger partial charge on any atom is 0.176 e. The third kappa shape index (κ3) is 4.51. The van der Waals surface area contributed by atoms with Gasteiger partial charge >= 0.3 is 0 Å². The first-order chi connectivity index (χ1) is 11.2. The fourth-order valence-corrected chi connectivity index (χ4v) is 4.13. The number of ketones is 1. The summed E-state index contributed by atoms with van der Waals surface area (Å²) in [7, 11) is 0. The van der Waals surface area contributed by atoms with Crippen molar-refractivity contribution < 1.29 is 4.79 Å². The zero-order valence-corrected chi connectivity index (χ0v) is 15.4.